The van der Waals surface area contributed by atoms with Crippen LogP contribution in [0.25, 0.3) is 11.0 Å². The summed E-state index contributed by atoms with van der Waals surface area (Å²) >= 11 is 11.8. The monoisotopic (exact) mass is 326 g/mol. The minimum absolute atomic E-state index is 0.0694. The Morgan fingerprint density at radius 1 is 1.33 bits per heavy atom. The molecule has 2 heterocycles. The molecule has 7 heteroatoms. The summed E-state index contributed by atoms with van der Waals surface area (Å²) in [6.45, 7) is 0.652. The summed E-state index contributed by atoms with van der Waals surface area (Å²) in [5.41, 5.74) is 2.45. The van der Waals surface area contributed by atoms with E-state index in [-0.39, 0.29) is 10.9 Å². The van der Waals surface area contributed by atoms with Gasteiger partial charge >= 0.3 is 0 Å². The number of hydrogen-bond acceptors (Lipinski definition) is 2. The number of nitrogens with zero attached hydrogens (tertiary/aromatic N) is 4. The van der Waals surface area contributed by atoms with E-state index in [1.54, 1.807) is 6.20 Å². The van der Waals surface area contributed by atoms with Gasteiger partial charge in [0, 0.05) is 38.0 Å². The molecule has 4 nitrogen and oxygen atoms in total. The highest BCUT2D eigenvalue weighted by atomic mass is 35.5. The van der Waals surface area contributed by atoms with Crippen LogP contribution in [-0.4, -0.2) is 19.3 Å². The molecule has 0 bridgehead atoms. The Labute approximate surface area is 131 Å². The first kappa shape index (κ1) is 14.4. The van der Waals surface area contributed by atoms with Crippen molar-refractivity contribution in [3.63, 3.8) is 0 Å². The first-order valence-electron chi connectivity index (χ1n) is 6.47. The van der Waals surface area contributed by atoms with E-state index in [9.17, 15) is 4.39 Å². The average molecular weight is 327 g/mol. The second-order valence-electron chi connectivity index (χ2n) is 4.76. The predicted octanol–water partition coefficient (Wildman–Crippen LogP) is 3.54. The minimum Gasteiger partial charge on any atom is -0.326 e. The molecule has 0 amide bonds. The largest absolute Gasteiger partial charge is 0.326 e. The van der Waals surface area contributed by atoms with E-state index in [1.165, 1.54) is 12.1 Å². The van der Waals surface area contributed by atoms with Gasteiger partial charge in [0.05, 0.1) is 21.9 Å². The Balaban J connectivity index is 2.00. The lowest BCUT2D eigenvalue weighted by atomic mass is 10.2. The van der Waals surface area contributed by atoms with E-state index in [0.717, 1.165) is 12.1 Å². The van der Waals surface area contributed by atoms with Crippen LogP contribution in [0.15, 0.2) is 24.4 Å². The molecule has 0 aliphatic carbocycles. The molecule has 21 heavy (non-hydrogen) atoms. The molecule has 0 fully saturated rings. The number of aryl methyl sites for hydroxylation is 3. The molecular formula is C14H13Cl2FN4. The third-order valence-electron chi connectivity index (χ3n) is 3.50. The quantitative estimate of drug-likeness (QED) is 0.687. The van der Waals surface area contributed by atoms with Crippen molar-refractivity contribution in [3.05, 3.63) is 46.8 Å². The first-order valence-corrected chi connectivity index (χ1v) is 7.38. The SMILES string of the molecule is Cn1nccc1CCn1c(CCl)nc2cc(Cl)c(F)cc21. The van der Waals surface area contributed by atoms with Crippen LogP contribution in [0.2, 0.25) is 5.02 Å². The molecule has 0 spiro atoms. The molecule has 0 aliphatic rings. The summed E-state index contributed by atoms with van der Waals surface area (Å²) in [7, 11) is 1.89. The van der Waals surface area contributed by atoms with Gasteiger partial charge in [-0.3, -0.25) is 4.68 Å². The molecular weight excluding hydrogens is 314 g/mol. The molecule has 0 saturated heterocycles. The number of alkyl halides is 1. The predicted molar refractivity (Wildman–Crippen MR) is 81.2 cm³/mol. The topological polar surface area (TPSA) is 35.6 Å². The third-order valence-corrected chi connectivity index (χ3v) is 4.03. The molecule has 3 rings (SSSR count). The van der Waals surface area contributed by atoms with Crippen LogP contribution < -0.4 is 0 Å². The van der Waals surface area contributed by atoms with E-state index >= 15 is 0 Å². The standard InChI is InChI=1S/C14H13Cl2FN4/c1-20-9(2-4-18-20)3-5-21-13-7-11(17)10(16)6-12(13)19-14(21)8-15/h2,4,6-7H,3,5,8H2,1H3. The fourth-order valence-electron chi connectivity index (χ4n) is 2.39. The number of imidazole rings is 1. The number of hydrogen-bond donors (Lipinski definition) is 0. The van der Waals surface area contributed by atoms with Crippen LogP contribution in [0.4, 0.5) is 4.39 Å². The maximum absolute atomic E-state index is 13.7. The Bertz CT molecular complexity index is 794. The number of rotatable bonds is 4. The Hall–Kier alpha value is -1.59. The second-order valence-corrected chi connectivity index (χ2v) is 5.44. The molecule has 0 unspecified atom stereocenters. The van der Waals surface area contributed by atoms with Crippen LogP contribution >= 0.6 is 23.2 Å². The van der Waals surface area contributed by atoms with Crippen LogP contribution in [0, 0.1) is 5.82 Å². The summed E-state index contributed by atoms with van der Waals surface area (Å²) in [5, 5.41) is 4.20. The molecule has 0 saturated carbocycles. The van der Waals surface area contributed by atoms with Crippen molar-refractivity contribution in [1.82, 2.24) is 19.3 Å². The van der Waals surface area contributed by atoms with Crippen LogP contribution in [0.1, 0.15) is 11.5 Å². The Kier molecular flexibility index (Phi) is 3.87. The first-order chi connectivity index (χ1) is 10.1. The van der Waals surface area contributed by atoms with Crippen molar-refractivity contribution in [3.8, 4) is 0 Å². The van der Waals surface area contributed by atoms with Gasteiger partial charge in [-0.05, 0) is 12.1 Å². The van der Waals surface area contributed by atoms with E-state index < -0.39 is 5.82 Å². The zero-order chi connectivity index (χ0) is 15.0. The van der Waals surface area contributed by atoms with Gasteiger partial charge in [-0.1, -0.05) is 11.6 Å². The van der Waals surface area contributed by atoms with Gasteiger partial charge < -0.3 is 4.57 Å². The van der Waals surface area contributed by atoms with E-state index in [2.05, 4.69) is 10.1 Å². The minimum atomic E-state index is -0.452. The van der Waals surface area contributed by atoms with Crippen molar-refractivity contribution in [2.24, 2.45) is 7.05 Å². The van der Waals surface area contributed by atoms with Gasteiger partial charge in [0.1, 0.15) is 11.6 Å². The molecule has 0 radical (unpaired) electrons. The maximum atomic E-state index is 13.7. The highest BCUT2D eigenvalue weighted by molar-refractivity contribution is 6.31. The Morgan fingerprint density at radius 3 is 2.81 bits per heavy atom. The highest BCUT2D eigenvalue weighted by Crippen LogP contribution is 2.24. The van der Waals surface area contributed by atoms with Gasteiger partial charge in [0.15, 0.2) is 0 Å². The summed E-state index contributed by atoms with van der Waals surface area (Å²) < 4.78 is 17.4. The number of fused-ring (bicyclic) bond motifs is 1. The summed E-state index contributed by atoms with van der Waals surface area (Å²) in [6, 6.07) is 4.89. The van der Waals surface area contributed by atoms with Crippen molar-refractivity contribution >= 4 is 34.2 Å². The fraction of sp³-hybridized carbons (Fsp3) is 0.286. The fourth-order valence-corrected chi connectivity index (χ4v) is 2.76. The van der Waals surface area contributed by atoms with Crippen molar-refractivity contribution < 1.29 is 4.39 Å². The molecule has 110 valence electrons. The van der Waals surface area contributed by atoms with Crippen LogP contribution in [0.5, 0.6) is 0 Å². The van der Waals surface area contributed by atoms with Gasteiger partial charge in [-0.2, -0.15) is 5.10 Å². The zero-order valence-corrected chi connectivity index (χ0v) is 12.9. The molecule has 0 N–H and O–H groups in total. The molecule has 3 aromatic rings. The lowest BCUT2D eigenvalue weighted by molar-refractivity contribution is 0.621. The molecule has 2 aromatic heterocycles. The van der Waals surface area contributed by atoms with Crippen LogP contribution in [-0.2, 0) is 25.9 Å². The van der Waals surface area contributed by atoms with E-state index in [0.29, 0.717) is 23.4 Å². The molecule has 0 aliphatic heterocycles. The zero-order valence-electron chi connectivity index (χ0n) is 11.4. The van der Waals surface area contributed by atoms with Gasteiger partial charge in [0.25, 0.3) is 0 Å². The second kappa shape index (κ2) is 5.66. The Morgan fingerprint density at radius 2 is 2.14 bits per heavy atom. The summed E-state index contributed by atoms with van der Waals surface area (Å²) in [5.74, 6) is 0.515. The van der Waals surface area contributed by atoms with Gasteiger partial charge in [-0.25, -0.2) is 9.37 Å². The van der Waals surface area contributed by atoms with Gasteiger partial charge in [0.2, 0.25) is 0 Å². The van der Waals surface area contributed by atoms with E-state index in [1.807, 2.05) is 22.4 Å². The summed E-state index contributed by atoms with van der Waals surface area (Å²) in [4.78, 5) is 4.41. The molecule has 1 aromatic carbocycles. The third kappa shape index (κ3) is 2.63. The lowest BCUT2D eigenvalue weighted by Gasteiger charge is -2.08. The highest BCUT2D eigenvalue weighted by Gasteiger charge is 2.13. The average Bonchev–Trinajstić information content (AvgIpc) is 3.01. The van der Waals surface area contributed by atoms with Crippen molar-refractivity contribution in [1.29, 1.82) is 0 Å². The maximum Gasteiger partial charge on any atom is 0.144 e. The van der Waals surface area contributed by atoms with E-state index in [4.69, 9.17) is 23.2 Å². The number of benzene rings is 1. The normalized spacial score (nSPS) is 11.4. The van der Waals surface area contributed by atoms with Crippen molar-refractivity contribution in [2.45, 2.75) is 18.8 Å². The van der Waals surface area contributed by atoms with Gasteiger partial charge in [-0.15, -0.1) is 11.6 Å². The lowest BCUT2D eigenvalue weighted by Crippen LogP contribution is -2.08. The molecule has 0 atom stereocenters. The van der Waals surface area contributed by atoms with Crippen LogP contribution in [0.3, 0.4) is 0 Å². The smallest absolute Gasteiger partial charge is 0.144 e. The number of aromatic nitrogens is 4. The number of halogens is 3. The van der Waals surface area contributed by atoms with Crippen molar-refractivity contribution in [2.75, 3.05) is 0 Å². The summed E-state index contributed by atoms with van der Waals surface area (Å²) in [6.07, 6.45) is 2.51.